The van der Waals surface area contributed by atoms with Crippen LogP contribution in [0.5, 0.6) is 0 Å². The lowest BCUT2D eigenvalue weighted by molar-refractivity contribution is -0.143. The van der Waals surface area contributed by atoms with Crippen LogP contribution in [0.15, 0.2) is 30.3 Å². The van der Waals surface area contributed by atoms with Crippen molar-refractivity contribution in [2.24, 2.45) is 5.73 Å². The van der Waals surface area contributed by atoms with Crippen molar-refractivity contribution in [3.8, 4) is 5.69 Å². The molecule has 5 nitrogen and oxygen atoms in total. The molecule has 2 aromatic rings. The third-order valence-electron chi connectivity index (χ3n) is 3.24. The fourth-order valence-corrected chi connectivity index (χ4v) is 2.29. The molecule has 0 aliphatic heterocycles. The molecular weight excluding hydrogens is 266 g/mol. The second-order valence-electron chi connectivity index (χ2n) is 5.05. The van der Waals surface area contributed by atoms with Crippen molar-refractivity contribution < 1.29 is 9.53 Å². The van der Waals surface area contributed by atoms with Crippen molar-refractivity contribution in [1.29, 1.82) is 0 Å². The summed E-state index contributed by atoms with van der Waals surface area (Å²) in [5.41, 5.74) is 9.95. The highest BCUT2D eigenvalue weighted by molar-refractivity contribution is 5.70. The number of ether oxygens (including phenoxy) is 1. The lowest BCUT2D eigenvalue weighted by Crippen LogP contribution is -2.17. The molecular formula is C16H21N3O2. The molecule has 0 saturated heterocycles. The number of nitrogens with zero attached hydrogens (tertiary/aromatic N) is 2. The van der Waals surface area contributed by atoms with Crippen LogP contribution < -0.4 is 5.73 Å². The third kappa shape index (κ3) is 3.70. The standard InChI is InChI=1S/C16H21N3O2/c1-4-21-16(20)10-15(17)13-6-5-7-14(9-13)19-12(3)8-11(2)18-19/h5-9,15H,4,10,17H2,1-3H3. The Kier molecular flexibility index (Phi) is 4.75. The van der Waals surface area contributed by atoms with Crippen LogP contribution in [0.25, 0.3) is 5.69 Å². The Morgan fingerprint density at radius 1 is 1.38 bits per heavy atom. The molecule has 1 atom stereocenters. The fraction of sp³-hybridized carbons (Fsp3) is 0.375. The average molecular weight is 287 g/mol. The first-order valence-corrected chi connectivity index (χ1v) is 7.06. The van der Waals surface area contributed by atoms with E-state index >= 15 is 0 Å². The second kappa shape index (κ2) is 6.54. The summed E-state index contributed by atoms with van der Waals surface area (Å²) in [6, 6.07) is 9.42. The summed E-state index contributed by atoms with van der Waals surface area (Å²) in [6.45, 7) is 6.12. The Morgan fingerprint density at radius 3 is 2.76 bits per heavy atom. The van der Waals surface area contributed by atoms with E-state index in [0.29, 0.717) is 6.61 Å². The zero-order valence-electron chi connectivity index (χ0n) is 12.7. The molecule has 0 fully saturated rings. The number of rotatable bonds is 5. The Labute approximate surface area is 124 Å². The second-order valence-corrected chi connectivity index (χ2v) is 5.05. The minimum Gasteiger partial charge on any atom is -0.466 e. The van der Waals surface area contributed by atoms with E-state index in [1.807, 2.05) is 48.9 Å². The number of aromatic nitrogens is 2. The van der Waals surface area contributed by atoms with E-state index in [4.69, 9.17) is 10.5 Å². The lowest BCUT2D eigenvalue weighted by Gasteiger charge is -2.13. The average Bonchev–Trinajstić information content (AvgIpc) is 2.78. The molecule has 0 aliphatic carbocycles. The summed E-state index contributed by atoms with van der Waals surface area (Å²) in [4.78, 5) is 11.5. The summed E-state index contributed by atoms with van der Waals surface area (Å²) in [7, 11) is 0. The minimum atomic E-state index is -0.374. The molecule has 1 aromatic carbocycles. The van der Waals surface area contributed by atoms with Crippen molar-refractivity contribution in [3.05, 3.63) is 47.3 Å². The van der Waals surface area contributed by atoms with Gasteiger partial charge in [-0.2, -0.15) is 5.10 Å². The Hall–Kier alpha value is -2.14. The van der Waals surface area contributed by atoms with Gasteiger partial charge in [-0.1, -0.05) is 12.1 Å². The van der Waals surface area contributed by atoms with Crippen LogP contribution in [0.2, 0.25) is 0 Å². The van der Waals surface area contributed by atoms with Gasteiger partial charge in [0.25, 0.3) is 0 Å². The van der Waals surface area contributed by atoms with Gasteiger partial charge in [0.1, 0.15) is 0 Å². The summed E-state index contributed by atoms with van der Waals surface area (Å²) < 4.78 is 6.81. The minimum absolute atomic E-state index is 0.175. The normalized spacial score (nSPS) is 12.2. The number of hydrogen-bond acceptors (Lipinski definition) is 4. The van der Waals surface area contributed by atoms with Crippen LogP contribution in [0, 0.1) is 13.8 Å². The molecule has 21 heavy (non-hydrogen) atoms. The van der Waals surface area contributed by atoms with E-state index in [1.54, 1.807) is 6.92 Å². The Bertz CT molecular complexity index is 634. The number of carbonyl (C=O) groups is 1. The molecule has 1 heterocycles. The van der Waals surface area contributed by atoms with E-state index in [1.165, 1.54) is 0 Å². The first-order chi connectivity index (χ1) is 10.0. The molecule has 0 aliphatic rings. The number of hydrogen-bond donors (Lipinski definition) is 1. The summed E-state index contributed by atoms with van der Waals surface area (Å²) in [5, 5.41) is 4.46. The largest absolute Gasteiger partial charge is 0.466 e. The van der Waals surface area contributed by atoms with Crippen LogP contribution in [-0.4, -0.2) is 22.4 Å². The highest BCUT2D eigenvalue weighted by Gasteiger charge is 2.13. The van der Waals surface area contributed by atoms with Gasteiger partial charge in [-0.15, -0.1) is 0 Å². The van der Waals surface area contributed by atoms with Gasteiger partial charge < -0.3 is 10.5 Å². The highest BCUT2D eigenvalue weighted by atomic mass is 16.5. The van der Waals surface area contributed by atoms with Gasteiger partial charge >= 0.3 is 5.97 Å². The molecule has 112 valence electrons. The van der Waals surface area contributed by atoms with Crippen LogP contribution in [0.4, 0.5) is 0 Å². The highest BCUT2D eigenvalue weighted by Crippen LogP contribution is 2.19. The molecule has 2 rings (SSSR count). The number of carbonyl (C=O) groups excluding carboxylic acids is 1. The van der Waals surface area contributed by atoms with E-state index in [2.05, 4.69) is 5.10 Å². The molecule has 1 unspecified atom stereocenters. The molecule has 0 amide bonds. The Morgan fingerprint density at radius 2 is 2.14 bits per heavy atom. The van der Waals surface area contributed by atoms with Gasteiger partial charge in [0.05, 0.1) is 24.4 Å². The quantitative estimate of drug-likeness (QED) is 0.857. The first-order valence-electron chi connectivity index (χ1n) is 7.06. The van der Waals surface area contributed by atoms with Crippen LogP contribution in [0.3, 0.4) is 0 Å². The van der Waals surface area contributed by atoms with E-state index in [0.717, 1.165) is 22.6 Å². The SMILES string of the molecule is CCOC(=O)CC(N)c1cccc(-n2nc(C)cc2C)c1. The molecule has 1 aromatic heterocycles. The van der Waals surface area contributed by atoms with Crippen molar-refractivity contribution in [3.63, 3.8) is 0 Å². The predicted molar refractivity (Wildman–Crippen MR) is 81.2 cm³/mol. The van der Waals surface area contributed by atoms with Gasteiger partial charge in [0.15, 0.2) is 0 Å². The fourth-order valence-electron chi connectivity index (χ4n) is 2.29. The first kappa shape index (κ1) is 15.3. The molecule has 0 saturated carbocycles. The van der Waals surface area contributed by atoms with Crippen molar-refractivity contribution in [1.82, 2.24) is 9.78 Å². The molecule has 0 bridgehead atoms. The summed E-state index contributed by atoms with van der Waals surface area (Å²) >= 11 is 0. The number of benzene rings is 1. The zero-order valence-corrected chi connectivity index (χ0v) is 12.7. The van der Waals surface area contributed by atoms with E-state index < -0.39 is 0 Å². The Balaban J connectivity index is 2.21. The maximum atomic E-state index is 11.5. The van der Waals surface area contributed by atoms with Crippen molar-refractivity contribution >= 4 is 5.97 Å². The maximum Gasteiger partial charge on any atom is 0.307 e. The number of aryl methyl sites for hydroxylation is 2. The van der Waals surface area contributed by atoms with Gasteiger partial charge in [0.2, 0.25) is 0 Å². The number of esters is 1. The lowest BCUT2D eigenvalue weighted by atomic mass is 10.0. The van der Waals surface area contributed by atoms with Crippen LogP contribution >= 0.6 is 0 Å². The molecule has 0 spiro atoms. The van der Waals surface area contributed by atoms with E-state index in [9.17, 15) is 4.79 Å². The third-order valence-corrected chi connectivity index (χ3v) is 3.24. The van der Waals surface area contributed by atoms with Gasteiger partial charge in [-0.25, -0.2) is 4.68 Å². The monoisotopic (exact) mass is 287 g/mol. The summed E-state index contributed by atoms with van der Waals surface area (Å²) in [5.74, 6) is -0.276. The molecule has 0 radical (unpaired) electrons. The molecule has 5 heteroatoms. The van der Waals surface area contributed by atoms with Gasteiger partial charge in [0, 0.05) is 11.7 Å². The number of nitrogens with two attached hydrogens (primary N) is 1. The summed E-state index contributed by atoms with van der Waals surface area (Å²) in [6.07, 6.45) is 0.175. The van der Waals surface area contributed by atoms with Crippen LogP contribution in [0.1, 0.15) is 36.3 Å². The van der Waals surface area contributed by atoms with Gasteiger partial charge in [-0.3, -0.25) is 4.79 Å². The van der Waals surface area contributed by atoms with Crippen molar-refractivity contribution in [2.45, 2.75) is 33.2 Å². The van der Waals surface area contributed by atoms with Gasteiger partial charge in [-0.05, 0) is 44.5 Å². The molecule has 2 N–H and O–H groups in total. The smallest absolute Gasteiger partial charge is 0.307 e. The van der Waals surface area contributed by atoms with E-state index in [-0.39, 0.29) is 18.4 Å². The van der Waals surface area contributed by atoms with Crippen LogP contribution in [-0.2, 0) is 9.53 Å². The zero-order chi connectivity index (χ0) is 15.4. The van der Waals surface area contributed by atoms with Crippen molar-refractivity contribution in [2.75, 3.05) is 6.61 Å². The topological polar surface area (TPSA) is 70.1 Å². The predicted octanol–water partition coefficient (Wildman–Crippen LogP) is 2.44. The maximum absolute atomic E-state index is 11.5.